The van der Waals surface area contributed by atoms with E-state index in [2.05, 4.69) is 108 Å². The van der Waals surface area contributed by atoms with E-state index in [4.69, 9.17) is 4.99 Å². The van der Waals surface area contributed by atoms with E-state index in [1.165, 1.54) is 27.5 Å². The van der Waals surface area contributed by atoms with Crippen molar-refractivity contribution >= 4 is 16.6 Å². The second-order valence-corrected chi connectivity index (χ2v) is 7.18. The molecule has 0 bridgehead atoms. The van der Waals surface area contributed by atoms with Gasteiger partial charge in [0.1, 0.15) is 5.84 Å². The highest BCUT2D eigenvalue weighted by Gasteiger charge is 2.28. The van der Waals surface area contributed by atoms with Gasteiger partial charge in [-0.1, -0.05) is 97.1 Å². The average molecular weight is 362 g/mol. The van der Waals surface area contributed by atoms with Crippen LogP contribution in [0.4, 0.5) is 0 Å². The molecule has 0 atom stereocenters. The Balaban J connectivity index is 1.59. The van der Waals surface area contributed by atoms with Crippen molar-refractivity contribution in [3.05, 3.63) is 120 Å². The monoisotopic (exact) mass is 362 g/mol. The van der Waals surface area contributed by atoms with E-state index in [0.29, 0.717) is 0 Å². The summed E-state index contributed by atoms with van der Waals surface area (Å²) in [6.45, 7) is 1.76. The molecule has 0 saturated carbocycles. The molecule has 1 heterocycles. The summed E-state index contributed by atoms with van der Waals surface area (Å²) in [5.41, 5.74) is 3.78. The molecule has 1 aliphatic heterocycles. The van der Waals surface area contributed by atoms with Gasteiger partial charge in [-0.2, -0.15) is 0 Å². The number of hydrogen-bond donors (Lipinski definition) is 0. The lowest BCUT2D eigenvalue weighted by molar-refractivity contribution is 0.389. The Labute approximate surface area is 165 Å². The lowest BCUT2D eigenvalue weighted by Gasteiger charge is -2.32. The van der Waals surface area contributed by atoms with Crippen molar-refractivity contribution in [1.29, 1.82) is 0 Å². The van der Waals surface area contributed by atoms with Crippen LogP contribution in [0.5, 0.6) is 0 Å². The third-order valence-electron chi connectivity index (χ3n) is 5.42. The van der Waals surface area contributed by atoms with E-state index < -0.39 is 0 Å². The van der Waals surface area contributed by atoms with Crippen molar-refractivity contribution in [1.82, 2.24) is 4.90 Å². The third kappa shape index (κ3) is 3.07. The molecule has 4 aromatic carbocycles. The molecular formula is C26H22N2. The molecule has 0 aromatic heterocycles. The van der Waals surface area contributed by atoms with Crippen LogP contribution in [0, 0.1) is 0 Å². The van der Waals surface area contributed by atoms with E-state index in [9.17, 15) is 0 Å². The second-order valence-electron chi connectivity index (χ2n) is 7.18. The standard InChI is InChI=1S/C26H22N2/c1-3-10-21(11-4-1)25(22-12-5-2-6-13-22)28-18-17-27-26(28)24-16-15-20-9-7-8-14-23(20)19-24/h1-16,19,25H,17-18H2. The van der Waals surface area contributed by atoms with Crippen LogP contribution in [-0.4, -0.2) is 23.8 Å². The van der Waals surface area contributed by atoms with Gasteiger partial charge in [-0.05, 0) is 28.0 Å². The maximum absolute atomic E-state index is 4.91. The Morgan fingerprint density at radius 2 is 1.25 bits per heavy atom. The van der Waals surface area contributed by atoms with Crippen LogP contribution in [0.1, 0.15) is 22.7 Å². The van der Waals surface area contributed by atoms with Crippen LogP contribution in [-0.2, 0) is 0 Å². The molecule has 136 valence electrons. The average Bonchev–Trinajstić information content (AvgIpc) is 3.24. The molecule has 0 amide bonds. The predicted octanol–water partition coefficient (Wildman–Crippen LogP) is 5.69. The molecule has 0 N–H and O–H groups in total. The number of amidine groups is 1. The van der Waals surface area contributed by atoms with Crippen molar-refractivity contribution in [3.8, 4) is 0 Å². The number of benzene rings is 4. The lowest BCUT2D eigenvalue weighted by atomic mass is 9.96. The van der Waals surface area contributed by atoms with Gasteiger partial charge in [-0.15, -0.1) is 0 Å². The van der Waals surface area contributed by atoms with Crippen molar-refractivity contribution in [2.24, 2.45) is 4.99 Å². The molecule has 0 spiro atoms. The van der Waals surface area contributed by atoms with E-state index in [-0.39, 0.29) is 6.04 Å². The van der Waals surface area contributed by atoms with Crippen LogP contribution < -0.4 is 0 Å². The molecule has 28 heavy (non-hydrogen) atoms. The Bertz CT molecular complexity index is 1080. The van der Waals surface area contributed by atoms with E-state index in [0.717, 1.165) is 18.9 Å². The maximum Gasteiger partial charge on any atom is 0.131 e. The Kier molecular flexibility index (Phi) is 4.38. The first-order chi connectivity index (χ1) is 13.9. The van der Waals surface area contributed by atoms with Crippen molar-refractivity contribution < 1.29 is 0 Å². The van der Waals surface area contributed by atoms with Gasteiger partial charge in [0, 0.05) is 12.1 Å². The largest absolute Gasteiger partial charge is 0.343 e. The molecule has 0 unspecified atom stereocenters. The quantitative estimate of drug-likeness (QED) is 0.455. The topological polar surface area (TPSA) is 15.6 Å². The van der Waals surface area contributed by atoms with Crippen molar-refractivity contribution in [2.45, 2.75) is 6.04 Å². The molecule has 4 aromatic rings. The van der Waals surface area contributed by atoms with E-state index in [1.54, 1.807) is 0 Å². The molecule has 5 rings (SSSR count). The fourth-order valence-corrected chi connectivity index (χ4v) is 4.12. The lowest BCUT2D eigenvalue weighted by Crippen LogP contribution is -2.33. The molecule has 0 saturated heterocycles. The fourth-order valence-electron chi connectivity index (χ4n) is 4.12. The number of aliphatic imine (C=N–C) groups is 1. The minimum atomic E-state index is 0.162. The van der Waals surface area contributed by atoms with Crippen LogP contribution in [0.25, 0.3) is 10.8 Å². The van der Waals surface area contributed by atoms with Gasteiger partial charge in [-0.3, -0.25) is 4.99 Å². The SMILES string of the molecule is c1ccc(C(c2ccccc2)N2CCN=C2c2ccc3ccccc3c2)cc1. The number of fused-ring (bicyclic) bond motifs is 1. The van der Waals surface area contributed by atoms with Gasteiger partial charge in [-0.25, -0.2) is 0 Å². The first-order valence-corrected chi connectivity index (χ1v) is 9.80. The van der Waals surface area contributed by atoms with Gasteiger partial charge < -0.3 is 4.90 Å². The van der Waals surface area contributed by atoms with Crippen LogP contribution in [0.3, 0.4) is 0 Å². The Morgan fingerprint density at radius 1 is 0.643 bits per heavy atom. The normalized spacial score (nSPS) is 13.9. The van der Waals surface area contributed by atoms with Crippen LogP contribution >= 0.6 is 0 Å². The van der Waals surface area contributed by atoms with E-state index >= 15 is 0 Å². The first kappa shape index (κ1) is 16.8. The smallest absolute Gasteiger partial charge is 0.131 e. The molecular weight excluding hydrogens is 340 g/mol. The molecule has 1 aliphatic rings. The maximum atomic E-state index is 4.91. The zero-order valence-electron chi connectivity index (χ0n) is 15.7. The molecule has 2 nitrogen and oxygen atoms in total. The number of rotatable bonds is 4. The summed E-state index contributed by atoms with van der Waals surface area (Å²) in [6.07, 6.45) is 0. The van der Waals surface area contributed by atoms with Crippen LogP contribution in [0.15, 0.2) is 108 Å². The predicted molar refractivity (Wildman–Crippen MR) is 117 cm³/mol. The summed E-state index contributed by atoms with van der Waals surface area (Å²) in [5, 5.41) is 2.52. The first-order valence-electron chi connectivity index (χ1n) is 9.80. The van der Waals surface area contributed by atoms with Gasteiger partial charge in [0.05, 0.1) is 12.6 Å². The number of hydrogen-bond acceptors (Lipinski definition) is 2. The van der Waals surface area contributed by atoms with Gasteiger partial charge in [0.15, 0.2) is 0 Å². The zero-order valence-corrected chi connectivity index (χ0v) is 15.7. The summed E-state index contributed by atoms with van der Waals surface area (Å²) < 4.78 is 0. The Hall–Kier alpha value is -3.39. The van der Waals surface area contributed by atoms with Crippen molar-refractivity contribution in [3.63, 3.8) is 0 Å². The summed E-state index contributed by atoms with van der Waals surface area (Å²) in [4.78, 5) is 7.36. The van der Waals surface area contributed by atoms with Crippen LogP contribution in [0.2, 0.25) is 0 Å². The van der Waals surface area contributed by atoms with Gasteiger partial charge >= 0.3 is 0 Å². The second kappa shape index (κ2) is 7.32. The number of nitrogens with zero attached hydrogens (tertiary/aromatic N) is 2. The molecule has 0 radical (unpaired) electrons. The minimum Gasteiger partial charge on any atom is -0.343 e. The molecule has 0 aliphatic carbocycles. The van der Waals surface area contributed by atoms with Gasteiger partial charge in [0.25, 0.3) is 0 Å². The third-order valence-corrected chi connectivity index (χ3v) is 5.42. The van der Waals surface area contributed by atoms with Crippen molar-refractivity contribution in [2.75, 3.05) is 13.1 Å². The molecule has 2 heteroatoms. The highest BCUT2D eigenvalue weighted by atomic mass is 15.3. The molecule has 0 fully saturated rings. The zero-order chi connectivity index (χ0) is 18.8. The summed E-state index contributed by atoms with van der Waals surface area (Å²) in [6, 6.07) is 36.8. The summed E-state index contributed by atoms with van der Waals surface area (Å²) in [7, 11) is 0. The summed E-state index contributed by atoms with van der Waals surface area (Å²) in [5.74, 6) is 1.09. The van der Waals surface area contributed by atoms with E-state index in [1.807, 2.05) is 0 Å². The highest BCUT2D eigenvalue weighted by molar-refractivity contribution is 6.03. The fraction of sp³-hybridized carbons (Fsp3) is 0.115. The minimum absolute atomic E-state index is 0.162. The highest BCUT2D eigenvalue weighted by Crippen LogP contribution is 2.32. The Morgan fingerprint density at radius 3 is 1.93 bits per heavy atom. The summed E-state index contributed by atoms with van der Waals surface area (Å²) >= 11 is 0. The van der Waals surface area contributed by atoms with Gasteiger partial charge in [0.2, 0.25) is 0 Å².